The summed E-state index contributed by atoms with van der Waals surface area (Å²) >= 11 is 0. The summed E-state index contributed by atoms with van der Waals surface area (Å²) in [5, 5.41) is 0. The van der Waals surface area contributed by atoms with E-state index < -0.39 is 0 Å². The Balaban J connectivity index is 0.00000128. The van der Waals surface area contributed by atoms with Gasteiger partial charge in [-0.2, -0.15) is 0 Å². The highest BCUT2D eigenvalue weighted by molar-refractivity contribution is 6.32. The molecule has 1 amide bonds. The van der Waals surface area contributed by atoms with Crippen molar-refractivity contribution in [3.63, 3.8) is 0 Å². The van der Waals surface area contributed by atoms with E-state index in [2.05, 4.69) is 0 Å². The number of rotatable bonds is 1. The van der Waals surface area contributed by atoms with Crippen molar-refractivity contribution in [3.8, 4) is 0 Å². The molecular formula is C11H18BNO4. The fraction of sp³-hybridized carbons (Fsp3) is 0.364. The SMILES string of the molecule is Bc1cccc(C(=O)N2CCOCC2)c1.O.O. The quantitative estimate of drug-likeness (QED) is 0.518. The van der Waals surface area contributed by atoms with Crippen LogP contribution < -0.4 is 5.46 Å². The smallest absolute Gasteiger partial charge is 0.253 e. The van der Waals surface area contributed by atoms with Crippen LogP contribution in [0.15, 0.2) is 24.3 Å². The van der Waals surface area contributed by atoms with E-state index in [-0.39, 0.29) is 16.9 Å². The second-order valence-electron chi connectivity index (χ2n) is 3.77. The molecule has 5 nitrogen and oxygen atoms in total. The lowest BCUT2D eigenvalue weighted by Crippen LogP contribution is -2.40. The summed E-state index contributed by atoms with van der Waals surface area (Å²) in [6.45, 7) is 2.70. The average molecular weight is 239 g/mol. The number of amides is 1. The van der Waals surface area contributed by atoms with E-state index in [1.165, 1.54) is 0 Å². The molecule has 0 unspecified atom stereocenters. The number of benzene rings is 1. The molecule has 4 N–H and O–H groups in total. The van der Waals surface area contributed by atoms with Crippen molar-refractivity contribution in [3.05, 3.63) is 29.8 Å². The fourth-order valence-electron chi connectivity index (χ4n) is 1.73. The van der Waals surface area contributed by atoms with Crippen molar-refractivity contribution in [2.45, 2.75) is 0 Å². The number of nitrogens with zero attached hydrogens (tertiary/aromatic N) is 1. The van der Waals surface area contributed by atoms with Crippen molar-refractivity contribution in [1.82, 2.24) is 4.90 Å². The zero-order chi connectivity index (χ0) is 10.7. The minimum atomic E-state index is 0. The summed E-state index contributed by atoms with van der Waals surface area (Å²) in [7, 11) is 2.00. The predicted molar refractivity (Wildman–Crippen MR) is 68.6 cm³/mol. The molecule has 17 heavy (non-hydrogen) atoms. The van der Waals surface area contributed by atoms with E-state index >= 15 is 0 Å². The second-order valence-corrected chi connectivity index (χ2v) is 3.77. The molecule has 1 heterocycles. The third kappa shape index (κ3) is 3.85. The molecule has 0 bridgehead atoms. The largest absolute Gasteiger partial charge is 0.412 e. The summed E-state index contributed by atoms with van der Waals surface area (Å²) in [6.07, 6.45) is 0. The Morgan fingerprint density at radius 1 is 1.24 bits per heavy atom. The van der Waals surface area contributed by atoms with Gasteiger partial charge in [0.1, 0.15) is 7.85 Å². The third-order valence-electron chi connectivity index (χ3n) is 2.56. The first-order valence-electron chi connectivity index (χ1n) is 5.21. The highest BCUT2D eigenvalue weighted by atomic mass is 16.5. The molecule has 6 heteroatoms. The monoisotopic (exact) mass is 239 g/mol. The average Bonchev–Trinajstić information content (AvgIpc) is 2.29. The molecule has 94 valence electrons. The van der Waals surface area contributed by atoms with Gasteiger partial charge in [0.25, 0.3) is 5.91 Å². The Bertz CT molecular complexity index is 366. The van der Waals surface area contributed by atoms with Crippen LogP contribution in [0.4, 0.5) is 0 Å². The van der Waals surface area contributed by atoms with Gasteiger partial charge in [0, 0.05) is 18.7 Å². The van der Waals surface area contributed by atoms with Crippen LogP contribution in [0.2, 0.25) is 0 Å². The number of hydrogen-bond acceptors (Lipinski definition) is 2. The molecule has 2 rings (SSSR count). The second kappa shape index (κ2) is 7.06. The van der Waals surface area contributed by atoms with Crippen LogP contribution >= 0.6 is 0 Å². The van der Waals surface area contributed by atoms with Gasteiger partial charge in [-0.05, 0) is 6.07 Å². The summed E-state index contributed by atoms with van der Waals surface area (Å²) in [5.41, 5.74) is 1.89. The highest BCUT2D eigenvalue weighted by Crippen LogP contribution is 2.05. The first-order chi connectivity index (χ1) is 7.27. The molecule has 1 fully saturated rings. The molecule has 0 spiro atoms. The minimum absolute atomic E-state index is 0. The van der Waals surface area contributed by atoms with E-state index in [1.54, 1.807) is 0 Å². The topological polar surface area (TPSA) is 92.5 Å². The lowest BCUT2D eigenvalue weighted by atomic mass is 9.94. The van der Waals surface area contributed by atoms with E-state index in [0.29, 0.717) is 26.3 Å². The van der Waals surface area contributed by atoms with Gasteiger partial charge < -0.3 is 20.6 Å². The molecule has 1 aliphatic heterocycles. The van der Waals surface area contributed by atoms with E-state index in [9.17, 15) is 4.79 Å². The normalized spacial score (nSPS) is 14.5. The van der Waals surface area contributed by atoms with Crippen LogP contribution in [0.5, 0.6) is 0 Å². The molecule has 0 atom stereocenters. The number of morpholine rings is 1. The van der Waals surface area contributed by atoms with Crippen LogP contribution in [0.1, 0.15) is 10.4 Å². The Kier molecular flexibility index (Phi) is 6.49. The van der Waals surface area contributed by atoms with Gasteiger partial charge in [-0.3, -0.25) is 4.79 Å². The third-order valence-corrected chi connectivity index (χ3v) is 2.56. The van der Waals surface area contributed by atoms with Crippen molar-refractivity contribution >= 4 is 19.2 Å². The molecule has 0 aromatic heterocycles. The lowest BCUT2D eigenvalue weighted by Gasteiger charge is -2.26. The summed E-state index contributed by atoms with van der Waals surface area (Å²) in [6, 6.07) is 7.71. The molecule has 1 saturated heterocycles. The van der Waals surface area contributed by atoms with Crippen LogP contribution in [-0.4, -0.2) is 55.9 Å². The van der Waals surface area contributed by atoms with Crippen molar-refractivity contribution in [1.29, 1.82) is 0 Å². The summed E-state index contributed by atoms with van der Waals surface area (Å²) in [5.74, 6) is 0.113. The van der Waals surface area contributed by atoms with E-state index in [1.807, 2.05) is 37.0 Å². The lowest BCUT2D eigenvalue weighted by molar-refractivity contribution is 0.0303. The van der Waals surface area contributed by atoms with E-state index in [0.717, 1.165) is 11.0 Å². The van der Waals surface area contributed by atoms with Crippen molar-refractivity contribution in [2.75, 3.05) is 26.3 Å². The van der Waals surface area contributed by atoms with Gasteiger partial charge in [0.05, 0.1) is 13.2 Å². The molecule has 0 aliphatic carbocycles. The number of carbonyl (C=O) groups excluding carboxylic acids is 1. The maximum Gasteiger partial charge on any atom is 0.253 e. The summed E-state index contributed by atoms with van der Waals surface area (Å²) in [4.78, 5) is 13.9. The van der Waals surface area contributed by atoms with Gasteiger partial charge in [-0.25, -0.2) is 0 Å². The minimum Gasteiger partial charge on any atom is -0.412 e. The van der Waals surface area contributed by atoms with Crippen molar-refractivity contribution in [2.24, 2.45) is 0 Å². The molecular weight excluding hydrogens is 221 g/mol. The Labute approximate surface area is 101 Å². The Hall–Kier alpha value is -1.37. The van der Waals surface area contributed by atoms with Crippen LogP contribution in [-0.2, 0) is 4.74 Å². The van der Waals surface area contributed by atoms with Crippen LogP contribution in [0.25, 0.3) is 0 Å². The first-order valence-corrected chi connectivity index (χ1v) is 5.21. The number of hydrogen-bond donors (Lipinski definition) is 0. The molecule has 0 saturated carbocycles. The highest BCUT2D eigenvalue weighted by Gasteiger charge is 2.17. The Morgan fingerprint density at radius 3 is 2.47 bits per heavy atom. The Morgan fingerprint density at radius 2 is 1.88 bits per heavy atom. The zero-order valence-corrected chi connectivity index (χ0v) is 9.90. The number of ether oxygens (including phenoxy) is 1. The van der Waals surface area contributed by atoms with Gasteiger partial charge in [0.2, 0.25) is 0 Å². The van der Waals surface area contributed by atoms with Crippen molar-refractivity contribution < 1.29 is 20.5 Å². The van der Waals surface area contributed by atoms with Gasteiger partial charge in [-0.1, -0.05) is 23.7 Å². The first kappa shape index (κ1) is 15.6. The maximum absolute atomic E-state index is 12.0. The number of carbonyl (C=O) groups is 1. The molecule has 1 aliphatic rings. The van der Waals surface area contributed by atoms with Crippen LogP contribution in [0.3, 0.4) is 0 Å². The van der Waals surface area contributed by atoms with Gasteiger partial charge in [0.15, 0.2) is 0 Å². The molecule has 1 aromatic carbocycles. The summed E-state index contributed by atoms with van der Waals surface area (Å²) < 4.78 is 5.22. The maximum atomic E-state index is 12.0. The molecule has 0 radical (unpaired) electrons. The van der Waals surface area contributed by atoms with E-state index in [4.69, 9.17) is 4.74 Å². The molecule has 1 aromatic rings. The fourth-order valence-corrected chi connectivity index (χ4v) is 1.73. The predicted octanol–water partition coefficient (Wildman–Crippen LogP) is -2.23. The van der Waals surface area contributed by atoms with Gasteiger partial charge >= 0.3 is 0 Å². The van der Waals surface area contributed by atoms with Gasteiger partial charge in [-0.15, -0.1) is 0 Å². The standard InChI is InChI=1S/C11H14BNO2.2H2O/c12-10-3-1-2-9(8-10)11(14)13-4-6-15-7-5-13;;/h1-3,8H,4-7,12H2;2*1H2. The zero-order valence-electron chi connectivity index (χ0n) is 9.90. The van der Waals surface area contributed by atoms with Crippen LogP contribution in [0, 0.1) is 0 Å².